The molecule has 4 aromatic carbocycles. The molecule has 0 aliphatic carbocycles. The Morgan fingerprint density at radius 2 is 1.70 bits per heavy atom. The molecule has 1 aliphatic heterocycles. The van der Waals surface area contributed by atoms with Crippen LogP contribution in [0.1, 0.15) is 29.7 Å². The van der Waals surface area contributed by atoms with Crippen LogP contribution in [0, 0.1) is 0 Å². The molecule has 0 N–H and O–H groups in total. The number of anilines is 1. The second kappa shape index (κ2) is 11.7. The number of carbonyl (C=O) groups excluding carboxylic acids is 1. The van der Waals surface area contributed by atoms with Gasteiger partial charge in [-0.15, -0.1) is 0 Å². The third-order valence-electron chi connectivity index (χ3n) is 7.50. The van der Waals surface area contributed by atoms with E-state index in [9.17, 15) is 9.59 Å². The maximum Gasteiger partial charge on any atom is 0.338 e. The van der Waals surface area contributed by atoms with Gasteiger partial charge in [-0.1, -0.05) is 84.1 Å². The number of benzene rings is 4. The van der Waals surface area contributed by atoms with Crippen LogP contribution < -0.4 is 24.5 Å². The van der Waals surface area contributed by atoms with Crippen molar-refractivity contribution in [2.24, 2.45) is 4.99 Å². The quantitative estimate of drug-likeness (QED) is 0.245. The molecule has 0 bridgehead atoms. The molecule has 6 rings (SSSR count). The van der Waals surface area contributed by atoms with E-state index in [1.807, 2.05) is 116 Å². The SMILES string of the molecule is CCOC(=O)C1=C(c2ccccc2)N=c2s/c(=C/c3ccc(N(C)C)cc3)c(=O)n2[C@H]1c1c(OC)ccc2ccccc12. The van der Waals surface area contributed by atoms with E-state index in [0.29, 0.717) is 26.3 Å². The van der Waals surface area contributed by atoms with Gasteiger partial charge in [-0.3, -0.25) is 9.36 Å². The smallest absolute Gasteiger partial charge is 0.338 e. The van der Waals surface area contributed by atoms with E-state index in [1.54, 1.807) is 18.6 Å². The molecule has 1 aromatic heterocycles. The summed E-state index contributed by atoms with van der Waals surface area (Å²) >= 11 is 1.30. The first kappa shape index (κ1) is 28.2. The summed E-state index contributed by atoms with van der Waals surface area (Å²) in [7, 11) is 5.57. The number of thiazole rings is 1. The standard InChI is InChI=1S/C35H31N3O4S/c1-5-42-34(40)30-31(24-12-7-6-8-13-24)36-35-38(32(30)29-26-14-10-9-11-23(26)17-20-27(29)41-4)33(39)28(43-35)21-22-15-18-25(19-16-22)37(2)3/h6-21,32H,5H2,1-4H3/b28-21+/t32-/m0/s1. The number of esters is 1. The van der Waals surface area contributed by atoms with E-state index in [1.165, 1.54) is 11.3 Å². The molecule has 0 saturated heterocycles. The molecule has 0 saturated carbocycles. The molecule has 7 nitrogen and oxygen atoms in total. The number of fused-ring (bicyclic) bond motifs is 2. The molecule has 43 heavy (non-hydrogen) atoms. The van der Waals surface area contributed by atoms with Crippen LogP contribution in [0.3, 0.4) is 0 Å². The van der Waals surface area contributed by atoms with Gasteiger partial charge in [0.1, 0.15) is 11.8 Å². The zero-order valence-corrected chi connectivity index (χ0v) is 25.2. The third-order valence-corrected chi connectivity index (χ3v) is 8.49. The number of ether oxygens (including phenoxy) is 2. The van der Waals surface area contributed by atoms with Gasteiger partial charge in [0.15, 0.2) is 4.80 Å². The summed E-state index contributed by atoms with van der Waals surface area (Å²) in [5.74, 6) is 0.0345. The molecule has 0 spiro atoms. The highest BCUT2D eigenvalue weighted by molar-refractivity contribution is 7.07. The molecule has 1 atom stereocenters. The first-order valence-corrected chi connectivity index (χ1v) is 14.8. The number of nitrogens with zero attached hydrogens (tertiary/aromatic N) is 3. The largest absolute Gasteiger partial charge is 0.496 e. The maximum atomic E-state index is 14.3. The fourth-order valence-electron chi connectivity index (χ4n) is 5.47. The summed E-state index contributed by atoms with van der Waals surface area (Å²) in [5.41, 5.74) is 3.94. The number of hydrogen-bond donors (Lipinski definition) is 0. The fourth-order valence-corrected chi connectivity index (χ4v) is 6.47. The van der Waals surface area contributed by atoms with Crippen molar-refractivity contribution in [2.75, 3.05) is 32.7 Å². The third kappa shape index (κ3) is 5.15. The normalized spacial score (nSPS) is 14.8. The number of aromatic nitrogens is 1. The topological polar surface area (TPSA) is 73.1 Å². The average molecular weight is 590 g/mol. The minimum Gasteiger partial charge on any atom is -0.496 e. The predicted octanol–water partition coefficient (Wildman–Crippen LogP) is 5.16. The van der Waals surface area contributed by atoms with Gasteiger partial charge in [0.2, 0.25) is 0 Å². The van der Waals surface area contributed by atoms with Gasteiger partial charge in [-0.05, 0) is 47.5 Å². The molecule has 0 radical (unpaired) electrons. The van der Waals surface area contributed by atoms with Gasteiger partial charge in [0.05, 0.1) is 29.5 Å². The number of carbonyl (C=O) groups is 1. The number of methoxy groups -OCH3 is 1. The van der Waals surface area contributed by atoms with Crippen molar-refractivity contribution in [1.82, 2.24) is 4.57 Å². The molecule has 0 unspecified atom stereocenters. The van der Waals surface area contributed by atoms with Gasteiger partial charge in [-0.25, -0.2) is 9.79 Å². The summed E-state index contributed by atoms with van der Waals surface area (Å²) in [6, 6.07) is 28.5. The highest BCUT2D eigenvalue weighted by atomic mass is 32.1. The van der Waals surface area contributed by atoms with Crippen LogP contribution in [0.15, 0.2) is 106 Å². The lowest BCUT2D eigenvalue weighted by Gasteiger charge is -2.28. The van der Waals surface area contributed by atoms with Gasteiger partial charge in [0, 0.05) is 30.9 Å². The van der Waals surface area contributed by atoms with Crippen molar-refractivity contribution < 1.29 is 14.3 Å². The molecule has 5 aromatic rings. The Labute approximate surface area is 253 Å². The average Bonchev–Trinajstić information content (AvgIpc) is 3.34. The first-order chi connectivity index (χ1) is 20.9. The van der Waals surface area contributed by atoms with Crippen molar-refractivity contribution >= 4 is 45.5 Å². The number of hydrogen-bond acceptors (Lipinski definition) is 7. The van der Waals surface area contributed by atoms with Crippen LogP contribution >= 0.6 is 11.3 Å². The van der Waals surface area contributed by atoms with E-state index in [4.69, 9.17) is 14.5 Å². The summed E-state index contributed by atoms with van der Waals surface area (Å²) in [5, 5.41) is 1.83. The van der Waals surface area contributed by atoms with Gasteiger partial charge in [0.25, 0.3) is 5.56 Å². The molecule has 2 heterocycles. The van der Waals surface area contributed by atoms with Crippen molar-refractivity contribution in [3.63, 3.8) is 0 Å². The summed E-state index contributed by atoms with van der Waals surface area (Å²) in [4.78, 5) is 35.7. The van der Waals surface area contributed by atoms with Gasteiger partial charge >= 0.3 is 5.97 Å². The minimum atomic E-state index is -0.843. The molecular weight excluding hydrogens is 558 g/mol. The van der Waals surface area contributed by atoms with Crippen LogP contribution in [0.25, 0.3) is 22.5 Å². The summed E-state index contributed by atoms with van der Waals surface area (Å²) in [6.45, 7) is 1.95. The predicted molar refractivity (Wildman–Crippen MR) is 172 cm³/mol. The lowest BCUT2D eigenvalue weighted by Crippen LogP contribution is -2.40. The minimum absolute atomic E-state index is 0.178. The zero-order chi connectivity index (χ0) is 30.1. The van der Waals surface area contributed by atoms with Gasteiger partial charge in [-0.2, -0.15) is 0 Å². The Morgan fingerprint density at radius 3 is 2.40 bits per heavy atom. The molecule has 0 amide bonds. The fraction of sp³-hybridized carbons (Fsp3) is 0.171. The Morgan fingerprint density at radius 1 is 0.977 bits per heavy atom. The molecule has 216 valence electrons. The second-order valence-electron chi connectivity index (χ2n) is 10.3. The van der Waals surface area contributed by atoms with Crippen molar-refractivity contribution in [2.45, 2.75) is 13.0 Å². The van der Waals surface area contributed by atoms with Crippen molar-refractivity contribution in [3.8, 4) is 5.75 Å². The second-order valence-corrected chi connectivity index (χ2v) is 11.3. The Balaban J connectivity index is 1.70. The van der Waals surface area contributed by atoms with Crippen LogP contribution in [0.5, 0.6) is 5.75 Å². The van der Waals surface area contributed by atoms with Crippen molar-refractivity contribution in [1.29, 1.82) is 0 Å². The number of rotatable bonds is 7. The van der Waals surface area contributed by atoms with E-state index in [-0.39, 0.29) is 17.7 Å². The zero-order valence-electron chi connectivity index (χ0n) is 24.4. The maximum absolute atomic E-state index is 14.3. The molecular formula is C35H31N3O4S. The Hall–Kier alpha value is -4.95. The Bertz CT molecular complexity index is 2040. The summed E-state index contributed by atoms with van der Waals surface area (Å²) < 4.78 is 13.7. The van der Waals surface area contributed by atoms with Crippen molar-refractivity contribution in [3.05, 3.63) is 133 Å². The van der Waals surface area contributed by atoms with E-state index in [2.05, 4.69) is 0 Å². The Kier molecular flexibility index (Phi) is 7.69. The van der Waals surface area contributed by atoms with E-state index < -0.39 is 12.0 Å². The summed E-state index contributed by atoms with van der Waals surface area (Å²) in [6.07, 6.45) is 1.87. The van der Waals surface area contributed by atoms with E-state index >= 15 is 0 Å². The molecule has 8 heteroatoms. The first-order valence-electron chi connectivity index (χ1n) is 14.0. The van der Waals surface area contributed by atoms with Crippen LogP contribution in [-0.2, 0) is 9.53 Å². The lowest BCUT2D eigenvalue weighted by molar-refractivity contribution is -0.138. The molecule has 0 fully saturated rings. The monoisotopic (exact) mass is 589 g/mol. The van der Waals surface area contributed by atoms with E-state index in [0.717, 1.165) is 27.6 Å². The highest BCUT2D eigenvalue weighted by Crippen LogP contribution is 2.42. The van der Waals surface area contributed by atoms with Gasteiger partial charge < -0.3 is 14.4 Å². The van der Waals surface area contributed by atoms with Crippen LogP contribution in [0.2, 0.25) is 0 Å². The van der Waals surface area contributed by atoms with Crippen LogP contribution in [0.4, 0.5) is 5.69 Å². The lowest BCUT2D eigenvalue weighted by atomic mass is 9.89. The molecule has 1 aliphatic rings. The highest BCUT2D eigenvalue weighted by Gasteiger charge is 2.37. The van der Waals surface area contributed by atoms with Crippen LogP contribution in [-0.4, -0.2) is 38.3 Å².